The molecule has 0 spiro atoms. The third kappa shape index (κ3) is 0.909. The summed E-state index contributed by atoms with van der Waals surface area (Å²) in [6, 6.07) is 8.42. The van der Waals surface area contributed by atoms with Crippen LogP contribution in [0.4, 0.5) is 0 Å². The van der Waals surface area contributed by atoms with Crippen LogP contribution in [0.2, 0.25) is 0 Å². The minimum atomic E-state index is 0.994. The van der Waals surface area contributed by atoms with E-state index in [0.29, 0.717) is 0 Å². The van der Waals surface area contributed by atoms with E-state index in [-0.39, 0.29) is 0 Å². The van der Waals surface area contributed by atoms with Crippen molar-refractivity contribution in [1.82, 2.24) is 10.3 Å². The standard InChI is InChI=1S/C12H12N2/c1-8-12-10(6-7-13-8)9-4-2-3-5-11(9)14-12/h2-5,13-14H,1,6-7H2. The maximum absolute atomic E-state index is 4.01. The van der Waals surface area contributed by atoms with Gasteiger partial charge in [-0.2, -0.15) is 0 Å². The summed E-state index contributed by atoms with van der Waals surface area (Å²) in [5.41, 5.74) is 4.81. The first-order chi connectivity index (χ1) is 6.86. The fraction of sp³-hybridized carbons (Fsp3) is 0.167. The largest absolute Gasteiger partial charge is 0.384 e. The first-order valence-corrected chi connectivity index (χ1v) is 4.89. The predicted octanol–water partition coefficient (Wildman–Crippen LogP) is 2.28. The lowest BCUT2D eigenvalue weighted by Crippen LogP contribution is -2.21. The normalized spacial score (nSPS) is 15.3. The van der Waals surface area contributed by atoms with Crippen molar-refractivity contribution in [3.8, 4) is 0 Å². The summed E-state index contributed by atoms with van der Waals surface area (Å²) in [5.74, 6) is 0. The highest BCUT2D eigenvalue weighted by Gasteiger charge is 2.16. The van der Waals surface area contributed by atoms with Crippen molar-refractivity contribution in [1.29, 1.82) is 0 Å². The van der Waals surface area contributed by atoms with Crippen LogP contribution >= 0.6 is 0 Å². The number of aromatic amines is 1. The number of H-pyrrole nitrogens is 1. The molecule has 0 unspecified atom stereocenters. The van der Waals surface area contributed by atoms with Gasteiger partial charge >= 0.3 is 0 Å². The van der Waals surface area contributed by atoms with Gasteiger partial charge in [-0.1, -0.05) is 24.8 Å². The van der Waals surface area contributed by atoms with E-state index in [9.17, 15) is 0 Å². The number of fused-ring (bicyclic) bond motifs is 3. The van der Waals surface area contributed by atoms with E-state index in [2.05, 4.69) is 41.1 Å². The SMILES string of the molecule is C=C1NCCc2c1[nH]c1ccccc21. The molecule has 0 aliphatic carbocycles. The zero-order valence-corrected chi connectivity index (χ0v) is 7.93. The van der Waals surface area contributed by atoms with E-state index in [1.165, 1.54) is 22.2 Å². The lowest BCUT2D eigenvalue weighted by Gasteiger charge is -2.16. The van der Waals surface area contributed by atoms with Gasteiger partial charge in [-0.15, -0.1) is 0 Å². The summed E-state index contributed by atoms with van der Waals surface area (Å²) in [4.78, 5) is 3.40. The molecular weight excluding hydrogens is 172 g/mol. The van der Waals surface area contributed by atoms with Crippen LogP contribution < -0.4 is 5.32 Å². The highest BCUT2D eigenvalue weighted by atomic mass is 14.9. The van der Waals surface area contributed by atoms with E-state index in [1.54, 1.807) is 0 Å². The summed E-state index contributed by atoms with van der Waals surface area (Å²) in [6.07, 6.45) is 1.08. The van der Waals surface area contributed by atoms with Crippen LogP contribution in [-0.2, 0) is 6.42 Å². The van der Waals surface area contributed by atoms with Gasteiger partial charge < -0.3 is 10.3 Å². The molecule has 1 aromatic carbocycles. The molecule has 0 amide bonds. The Morgan fingerprint density at radius 1 is 1.21 bits per heavy atom. The molecule has 0 radical (unpaired) electrons. The fourth-order valence-electron chi connectivity index (χ4n) is 2.14. The predicted molar refractivity (Wildman–Crippen MR) is 59.0 cm³/mol. The van der Waals surface area contributed by atoms with Crippen molar-refractivity contribution in [2.75, 3.05) is 6.54 Å². The van der Waals surface area contributed by atoms with Crippen LogP contribution in [0.25, 0.3) is 16.6 Å². The van der Waals surface area contributed by atoms with Crippen LogP contribution in [0, 0.1) is 0 Å². The Bertz CT molecular complexity index is 508. The average molecular weight is 184 g/mol. The van der Waals surface area contributed by atoms with E-state index in [0.717, 1.165) is 18.7 Å². The first-order valence-electron chi connectivity index (χ1n) is 4.89. The topological polar surface area (TPSA) is 27.8 Å². The van der Waals surface area contributed by atoms with Crippen molar-refractivity contribution in [3.63, 3.8) is 0 Å². The Morgan fingerprint density at radius 3 is 3.00 bits per heavy atom. The Kier molecular flexibility index (Phi) is 1.45. The van der Waals surface area contributed by atoms with Gasteiger partial charge in [-0.3, -0.25) is 0 Å². The molecular formula is C12H12N2. The third-order valence-corrected chi connectivity index (χ3v) is 2.83. The fourth-order valence-corrected chi connectivity index (χ4v) is 2.14. The molecule has 0 bridgehead atoms. The molecule has 0 fully saturated rings. The lowest BCUT2D eigenvalue weighted by atomic mass is 10.0. The number of aromatic nitrogens is 1. The number of hydrogen-bond acceptors (Lipinski definition) is 1. The smallest absolute Gasteiger partial charge is 0.0654 e. The molecule has 1 aliphatic rings. The number of benzene rings is 1. The van der Waals surface area contributed by atoms with Crippen molar-refractivity contribution in [2.24, 2.45) is 0 Å². The third-order valence-electron chi connectivity index (χ3n) is 2.83. The lowest BCUT2D eigenvalue weighted by molar-refractivity contribution is 0.816. The molecule has 14 heavy (non-hydrogen) atoms. The maximum Gasteiger partial charge on any atom is 0.0654 e. The van der Waals surface area contributed by atoms with Crippen molar-refractivity contribution >= 4 is 16.6 Å². The van der Waals surface area contributed by atoms with Gasteiger partial charge in [0, 0.05) is 17.4 Å². The van der Waals surface area contributed by atoms with Crippen molar-refractivity contribution < 1.29 is 0 Å². The van der Waals surface area contributed by atoms with Gasteiger partial charge in [-0.05, 0) is 18.1 Å². The number of hydrogen-bond donors (Lipinski definition) is 2. The summed E-state index contributed by atoms with van der Waals surface area (Å²) < 4.78 is 0. The zero-order chi connectivity index (χ0) is 9.54. The molecule has 1 aromatic heterocycles. The second-order valence-corrected chi connectivity index (χ2v) is 3.68. The number of para-hydroxylation sites is 1. The second-order valence-electron chi connectivity index (χ2n) is 3.68. The highest BCUT2D eigenvalue weighted by molar-refractivity contribution is 5.89. The van der Waals surface area contributed by atoms with Crippen molar-refractivity contribution in [3.05, 3.63) is 42.1 Å². The Balaban J connectivity index is 2.38. The average Bonchev–Trinajstić information content (AvgIpc) is 2.59. The van der Waals surface area contributed by atoms with Crippen molar-refractivity contribution in [2.45, 2.75) is 6.42 Å². The van der Waals surface area contributed by atoms with E-state index >= 15 is 0 Å². The van der Waals surface area contributed by atoms with E-state index < -0.39 is 0 Å². The monoisotopic (exact) mass is 184 g/mol. The van der Waals surface area contributed by atoms with Crippen LogP contribution in [0.15, 0.2) is 30.8 Å². The molecule has 1 aliphatic heterocycles. The van der Waals surface area contributed by atoms with E-state index in [1.807, 2.05) is 0 Å². The Hall–Kier alpha value is -1.70. The minimum absolute atomic E-state index is 0.994. The molecule has 70 valence electrons. The highest BCUT2D eigenvalue weighted by Crippen LogP contribution is 2.28. The molecule has 3 rings (SSSR count). The zero-order valence-electron chi connectivity index (χ0n) is 7.93. The minimum Gasteiger partial charge on any atom is -0.384 e. The van der Waals surface area contributed by atoms with Crippen LogP contribution in [0.5, 0.6) is 0 Å². The van der Waals surface area contributed by atoms with Gasteiger partial charge in [-0.25, -0.2) is 0 Å². The van der Waals surface area contributed by atoms with Gasteiger partial charge in [0.25, 0.3) is 0 Å². The summed E-state index contributed by atoms with van der Waals surface area (Å²) in [5, 5.41) is 4.61. The quantitative estimate of drug-likeness (QED) is 0.646. The molecule has 0 atom stereocenters. The molecule has 2 N–H and O–H groups in total. The second kappa shape index (κ2) is 2.64. The summed E-state index contributed by atoms with van der Waals surface area (Å²) in [6.45, 7) is 5.00. The van der Waals surface area contributed by atoms with Gasteiger partial charge in [0.05, 0.1) is 11.4 Å². The van der Waals surface area contributed by atoms with Gasteiger partial charge in [0.1, 0.15) is 0 Å². The maximum atomic E-state index is 4.01. The van der Waals surface area contributed by atoms with Crippen LogP contribution in [-0.4, -0.2) is 11.5 Å². The van der Waals surface area contributed by atoms with Crippen LogP contribution in [0.1, 0.15) is 11.3 Å². The van der Waals surface area contributed by atoms with Crippen LogP contribution in [0.3, 0.4) is 0 Å². The molecule has 2 heterocycles. The Morgan fingerprint density at radius 2 is 2.07 bits per heavy atom. The number of rotatable bonds is 0. The van der Waals surface area contributed by atoms with Gasteiger partial charge in [0.2, 0.25) is 0 Å². The Labute approximate surface area is 82.6 Å². The molecule has 0 saturated heterocycles. The number of nitrogens with one attached hydrogen (secondary N) is 2. The first kappa shape index (κ1) is 7.68. The summed E-state index contributed by atoms with van der Waals surface area (Å²) in [7, 11) is 0. The van der Waals surface area contributed by atoms with E-state index in [4.69, 9.17) is 0 Å². The molecule has 2 nitrogen and oxygen atoms in total. The van der Waals surface area contributed by atoms with Gasteiger partial charge in [0.15, 0.2) is 0 Å². The summed E-state index contributed by atoms with van der Waals surface area (Å²) >= 11 is 0. The molecule has 2 heteroatoms. The molecule has 0 saturated carbocycles. The molecule has 2 aromatic rings.